The zero-order chi connectivity index (χ0) is 25.8. The van der Waals surface area contributed by atoms with Gasteiger partial charge in [0.1, 0.15) is 0 Å². The van der Waals surface area contributed by atoms with E-state index in [1.54, 1.807) is 6.08 Å². The van der Waals surface area contributed by atoms with Gasteiger partial charge in [-0.05, 0) is 64.2 Å². The lowest BCUT2D eigenvalue weighted by Gasteiger charge is -2.19. The van der Waals surface area contributed by atoms with E-state index in [9.17, 15) is 15.0 Å². The molecule has 0 spiro atoms. The van der Waals surface area contributed by atoms with Crippen molar-refractivity contribution in [1.29, 1.82) is 0 Å². The van der Waals surface area contributed by atoms with Gasteiger partial charge in [0.15, 0.2) is 0 Å². The molecule has 2 unspecified atom stereocenters. The molecule has 0 aliphatic rings. The van der Waals surface area contributed by atoms with Crippen molar-refractivity contribution in [3.05, 3.63) is 48.6 Å². The van der Waals surface area contributed by atoms with Crippen molar-refractivity contribution in [3.63, 3.8) is 0 Å². The van der Waals surface area contributed by atoms with Gasteiger partial charge >= 0.3 is 0 Å². The second-order valence-electron chi connectivity index (χ2n) is 9.41. The van der Waals surface area contributed by atoms with E-state index >= 15 is 0 Å². The number of hydrogen-bond acceptors (Lipinski definition) is 3. The molecule has 202 valence electrons. The average molecular weight is 490 g/mol. The lowest BCUT2D eigenvalue weighted by molar-refractivity contribution is -0.123. The first-order chi connectivity index (χ1) is 17.2. The fraction of sp³-hybridized carbons (Fsp3) is 0.710. The predicted octanol–water partition coefficient (Wildman–Crippen LogP) is 7.72. The summed E-state index contributed by atoms with van der Waals surface area (Å²) >= 11 is 0. The Kier molecular flexibility index (Phi) is 25.7. The molecule has 0 fully saturated rings. The van der Waals surface area contributed by atoms with Crippen LogP contribution in [0.3, 0.4) is 0 Å². The molecule has 4 nitrogen and oxygen atoms in total. The van der Waals surface area contributed by atoms with Crippen LogP contribution in [0.1, 0.15) is 123 Å². The van der Waals surface area contributed by atoms with Crippen LogP contribution in [0.5, 0.6) is 0 Å². The quantitative estimate of drug-likeness (QED) is 0.0960. The highest BCUT2D eigenvalue weighted by Gasteiger charge is 2.17. The number of rotatable bonds is 24. The monoisotopic (exact) mass is 489 g/mol. The fourth-order valence-electron chi connectivity index (χ4n) is 3.80. The van der Waals surface area contributed by atoms with Crippen molar-refractivity contribution >= 4 is 5.91 Å². The zero-order valence-electron chi connectivity index (χ0n) is 22.8. The van der Waals surface area contributed by atoms with Crippen molar-refractivity contribution < 1.29 is 15.0 Å². The highest BCUT2D eigenvalue weighted by atomic mass is 16.3. The molecular weight excluding hydrogens is 434 g/mol. The summed E-state index contributed by atoms with van der Waals surface area (Å²) in [5, 5.41) is 22.6. The normalized spacial score (nSPS) is 14.1. The molecule has 0 aliphatic heterocycles. The van der Waals surface area contributed by atoms with Crippen LogP contribution in [0.4, 0.5) is 0 Å². The van der Waals surface area contributed by atoms with Crippen LogP contribution in [0.15, 0.2) is 48.6 Å². The van der Waals surface area contributed by atoms with Crippen LogP contribution in [-0.4, -0.2) is 34.9 Å². The molecule has 0 heterocycles. The van der Waals surface area contributed by atoms with Gasteiger partial charge in [0, 0.05) is 6.42 Å². The maximum atomic E-state index is 12.2. The van der Waals surface area contributed by atoms with Crippen LogP contribution in [0, 0.1) is 0 Å². The molecule has 3 N–H and O–H groups in total. The molecule has 0 aliphatic carbocycles. The van der Waals surface area contributed by atoms with Gasteiger partial charge in [-0.3, -0.25) is 4.79 Å². The highest BCUT2D eigenvalue weighted by molar-refractivity contribution is 5.76. The molecule has 0 aromatic carbocycles. The molecule has 0 rings (SSSR count). The van der Waals surface area contributed by atoms with E-state index in [0.29, 0.717) is 6.42 Å². The molecule has 1 amide bonds. The Morgan fingerprint density at radius 1 is 0.686 bits per heavy atom. The van der Waals surface area contributed by atoms with Crippen molar-refractivity contribution in [3.8, 4) is 0 Å². The van der Waals surface area contributed by atoms with Gasteiger partial charge < -0.3 is 15.5 Å². The van der Waals surface area contributed by atoms with Crippen LogP contribution in [-0.2, 0) is 4.79 Å². The molecule has 0 radical (unpaired) electrons. The van der Waals surface area contributed by atoms with Gasteiger partial charge in [-0.1, -0.05) is 101 Å². The minimum Gasteiger partial charge on any atom is -0.394 e. The first kappa shape index (κ1) is 33.4. The van der Waals surface area contributed by atoms with Gasteiger partial charge in [0.25, 0.3) is 0 Å². The molecule has 0 saturated heterocycles. The molecule has 35 heavy (non-hydrogen) atoms. The first-order valence-electron chi connectivity index (χ1n) is 14.4. The first-order valence-corrected chi connectivity index (χ1v) is 14.4. The lowest BCUT2D eigenvalue weighted by atomic mass is 10.1. The zero-order valence-corrected chi connectivity index (χ0v) is 22.8. The Morgan fingerprint density at radius 3 is 1.80 bits per heavy atom. The molecule has 4 heteroatoms. The van der Waals surface area contributed by atoms with Crippen molar-refractivity contribution in [2.45, 2.75) is 135 Å². The number of nitrogens with one attached hydrogen (secondary N) is 1. The van der Waals surface area contributed by atoms with Gasteiger partial charge in [-0.15, -0.1) is 0 Å². The van der Waals surface area contributed by atoms with Crippen LogP contribution >= 0.6 is 0 Å². The summed E-state index contributed by atoms with van der Waals surface area (Å²) in [6.45, 7) is 4.12. The summed E-state index contributed by atoms with van der Waals surface area (Å²) in [5.74, 6) is -0.102. The summed E-state index contributed by atoms with van der Waals surface area (Å²) in [6.07, 6.45) is 34.7. The smallest absolute Gasteiger partial charge is 0.220 e. The standard InChI is InChI=1S/C31H55NO3/c1-3-5-7-9-11-13-15-16-17-19-21-23-25-27-31(35)32-29(28-33)30(34)26-24-22-20-18-14-12-10-8-6-4-2/h6,8,14,16-18,24,26,29-30,33-34H,3-5,7,9-13,15,19-23,25,27-28H2,1-2H3,(H,32,35)/b8-6+,17-16-,18-14+,26-24+. The fourth-order valence-corrected chi connectivity index (χ4v) is 3.80. The van der Waals surface area contributed by atoms with E-state index < -0.39 is 12.1 Å². The minimum atomic E-state index is -0.871. The average Bonchev–Trinajstić information content (AvgIpc) is 2.86. The van der Waals surface area contributed by atoms with E-state index in [-0.39, 0.29) is 12.5 Å². The molecule has 0 aromatic rings. The largest absolute Gasteiger partial charge is 0.394 e. The summed E-state index contributed by atoms with van der Waals surface area (Å²) in [7, 11) is 0. The number of carbonyl (C=O) groups is 1. The lowest BCUT2D eigenvalue weighted by Crippen LogP contribution is -2.45. The number of aliphatic hydroxyl groups excluding tert-OH is 2. The van der Waals surface area contributed by atoms with Crippen LogP contribution in [0.2, 0.25) is 0 Å². The van der Waals surface area contributed by atoms with E-state index in [2.05, 4.69) is 55.6 Å². The van der Waals surface area contributed by atoms with E-state index in [1.807, 2.05) is 6.08 Å². The topological polar surface area (TPSA) is 69.6 Å². The van der Waals surface area contributed by atoms with E-state index in [0.717, 1.165) is 57.8 Å². The highest BCUT2D eigenvalue weighted by Crippen LogP contribution is 2.09. The molecule has 2 atom stereocenters. The molecule has 0 aromatic heterocycles. The Balaban J connectivity index is 3.81. The number of unbranched alkanes of at least 4 members (excludes halogenated alkanes) is 11. The SMILES string of the molecule is CC/C=C/CC/C=C/CC/C=C/C(O)C(CO)NC(=O)CCCCC/C=C\CCCCCCCC. The van der Waals surface area contributed by atoms with Crippen LogP contribution in [0.25, 0.3) is 0 Å². The third-order valence-electron chi connectivity index (χ3n) is 6.02. The second kappa shape index (κ2) is 26.9. The number of amides is 1. The van der Waals surface area contributed by atoms with Gasteiger partial charge in [0.2, 0.25) is 5.91 Å². The van der Waals surface area contributed by atoms with Crippen molar-refractivity contribution in [2.24, 2.45) is 0 Å². The maximum Gasteiger partial charge on any atom is 0.220 e. The third-order valence-corrected chi connectivity index (χ3v) is 6.02. The number of aliphatic hydroxyl groups is 2. The van der Waals surface area contributed by atoms with Crippen molar-refractivity contribution in [2.75, 3.05) is 6.61 Å². The van der Waals surface area contributed by atoms with Crippen LogP contribution < -0.4 is 5.32 Å². The number of carbonyl (C=O) groups excluding carboxylic acids is 1. The van der Waals surface area contributed by atoms with E-state index in [4.69, 9.17) is 0 Å². The number of allylic oxidation sites excluding steroid dienone is 7. The molecular formula is C31H55NO3. The summed E-state index contributed by atoms with van der Waals surface area (Å²) in [4.78, 5) is 12.2. The predicted molar refractivity (Wildman–Crippen MR) is 151 cm³/mol. The van der Waals surface area contributed by atoms with Gasteiger partial charge in [-0.2, -0.15) is 0 Å². The second-order valence-corrected chi connectivity index (χ2v) is 9.41. The van der Waals surface area contributed by atoms with Gasteiger partial charge in [0.05, 0.1) is 18.8 Å². The van der Waals surface area contributed by atoms with Crippen molar-refractivity contribution in [1.82, 2.24) is 5.32 Å². The summed E-state index contributed by atoms with van der Waals surface area (Å²) in [5.41, 5.74) is 0. The van der Waals surface area contributed by atoms with Gasteiger partial charge in [-0.25, -0.2) is 0 Å². The number of hydrogen-bond donors (Lipinski definition) is 3. The summed E-state index contributed by atoms with van der Waals surface area (Å²) in [6, 6.07) is -0.649. The molecule has 0 bridgehead atoms. The summed E-state index contributed by atoms with van der Waals surface area (Å²) < 4.78 is 0. The minimum absolute atomic E-state index is 0.102. The maximum absolute atomic E-state index is 12.2. The Labute approximate surface area is 216 Å². The third kappa shape index (κ3) is 23.8. The Hall–Kier alpha value is -1.65. The molecule has 0 saturated carbocycles. The Bertz CT molecular complexity index is 580. The Morgan fingerprint density at radius 2 is 1.20 bits per heavy atom. The van der Waals surface area contributed by atoms with E-state index in [1.165, 1.54) is 44.9 Å².